The van der Waals surface area contributed by atoms with Crippen LogP contribution in [0.2, 0.25) is 0 Å². The minimum Gasteiger partial charge on any atom is -0.484 e. The van der Waals surface area contributed by atoms with Gasteiger partial charge in [-0.25, -0.2) is 0 Å². The number of primary amides is 1. The first-order valence-electron chi connectivity index (χ1n) is 11.1. The van der Waals surface area contributed by atoms with Gasteiger partial charge in [-0.3, -0.25) is 9.69 Å². The summed E-state index contributed by atoms with van der Waals surface area (Å²) >= 11 is 0. The standard InChI is InChI=1S/C27H32N2O4/c1-20(16-21-12-14-24(15-13-21)33-19-27(28)32)29(17-25(30)22-8-4-2-5-9-22)18-26(31)23-10-6-3-7-11-23/h2-15,20,25-26,30-31H,16-19H2,1H3,(H2,28,32)/t20-,25-,26-/m1/s1. The largest absolute Gasteiger partial charge is 0.484 e. The van der Waals surface area contributed by atoms with Gasteiger partial charge in [0.2, 0.25) is 0 Å². The number of hydrogen-bond acceptors (Lipinski definition) is 5. The molecule has 174 valence electrons. The molecule has 0 aliphatic heterocycles. The second-order valence-corrected chi connectivity index (χ2v) is 8.26. The van der Waals surface area contributed by atoms with Crippen LogP contribution in [0, 0.1) is 0 Å². The molecule has 0 aliphatic carbocycles. The van der Waals surface area contributed by atoms with Crippen molar-refractivity contribution in [1.82, 2.24) is 4.90 Å². The molecule has 3 atom stereocenters. The highest BCUT2D eigenvalue weighted by Crippen LogP contribution is 2.22. The molecular formula is C27H32N2O4. The molecule has 0 unspecified atom stereocenters. The third kappa shape index (κ3) is 7.71. The zero-order chi connectivity index (χ0) is 23.6. The summed E-state index contributed by atoms with van der Waals surface area (Å²) < 4.78 is 5.33. The number of aliphatic hydroxyl groups excluding tert-OH is 2. The summed E-state index contributed by atoms with van der Waals surface area (Å²) in [6.45, 7) is 2.73. The van der Waals surface area contributed by atoms with Crippen LogP contribution in [-0.4, -0.2) is 46.8 Å². The highest BCUT2D eigenvalue weighted by molar-refractivity contribution is 5.75. The minimum atomic E-state index is -0.666. The average Bonchev–Trinajstić information content (AvgIpc) is 2.84. The van der Waals surface area contributed by atoms with Gasteiger partial charge in [0.05, 0.1) is 12.2 Å². The van der Waals surface area contributed by atoms with Crippen molar-refractivity contribution in [2.45, 2.75) is 31.6 Å². The van der Waals surface area contributed by atoms with Crippen molar-refractivity contribution < 1.29 is 19.7 Å². The highest BCUT2D eigenvalue weighted by Gasteiger charge is 2.22. The zero-order valence-corrected chi connectivity index (χ0v) is 18.9. The van der Waals surface area contributed by atoms with Crippen LogP contribution in [0.15, 0.2) is 84.9 Å². The molecule has 0 saturated carbocycles. The van der Waals surface area contributed by atoms with E-state index in [1.165, 1.54) is 0 Å². The van der Waals surface area contributed by atoms with E-state index in [-0.39, 0.29) is 12.6 Å². The fraction of sp³-hybridized carbons (Fsp3) is 0.296. The molecule has 3 aromatic carbocycles. The van der Waals surface area contributed by atoms with Crippen LogP contribution in [0.1, 0.15) is 35.8 Å². The quantitative estimate of drug-likeness (QED) is 0.395. The summed E-state index contributed by atoms with van der Waals surface area (Å²) in [4.78, 5) is 13.0. The predicted molar refractivity (Wildman–Crippen MR) is 129 cm³/mol. The third-order valence-corrected chi connectivity index (χ3v) is 5.64. The first-order valence-corrected chi connectivity index (χ1v) is 11.1. The van der Waals surface area contributed by atoms with Gasteiger partial charge in [0.1, 0.15) is 5.75 Å². The fourth-order valence-electron chi connectivity index (χ4n) is 3.79. The molecule has 0 aromatic heterocycles. The van der Waals surface area contributed by atoms with Crippen LogP contribution in [0.5, 0.6) is 5.75 Å². The molecule has 1 amide bonds. The first-order chi connectivity index (χ1) is 15.9. The monoisotopic (exact) mass is 448 g/mol. The lowest BCUT2D eigenvalue weighted by atomic mass is 10.0. The maximum Gasteiger partial charge on any atom is 0.255 e. The van der Waals surface area contributed by atoms with Gasteiger partial charge in [0.25, 0.3) is 5.91 Å². The Kier molecular flexibility index (Phi) is 9.01. The van der Waals surface area contributed by atoms with E-state index in [1.807, 2.05) is 84.9 Å². The van der Waals surface area contributed by atoms with Crippen LogP contribution in [0.4, 0.5) is 0 Å². The maximum absolute atomic E-state index is 10.9. The zero-order valence-electron chi connectivity index (χ0n) is 18.9. The Balaban J connectivity index is 1.70. The van der Waals surface area contributed by atoms with Gasteiger partial charge in [-0.15, -0.1) is 0 Å². The summed E-state index contributed by atoms with van der Waals surface area (Å²) in [5.41, 5.74) is 7.90. The highest BCUT2D eigenvalue weighted by atomic mass is 16.5. The van der Waals surface area contributed by atoms with Crippen LogP contribution >= 0.6 is 0 Å². The fourth-order valence-corrected chi connectivity index (χ4v) is 3.79. The van der Waals surface area contributed by atoms with Crippen LogP contribution < -0.4 is 10.5 Å². The van der Waals surface area contributed by atoms with E-state index in [1.54, 1.807) is 0 Å². The van der Waals surface area contributed by atoms with Crippen molar-refractivity contribution in [3.8, 4) is 5.75 Å². The Labute approximate surface area is 195 Å². The lowest BCUT2D eigenvalue weighted by Crippen LogP contribution is -2.40. The summed E-state index contributed by atoms with van der Waals surface area (Å²) in [6.07, 6.45) is -0.610. The van der Waals surface area contributed by atoms with Crippen molar-refractivity contribution in [3.63, 3.8) is 0 Å². The molecule has 4 N–H and O–H groups in total. The Morgan fingerprint density at radius 2 is 1.33 bits per heavy atom. The molecule has 0 spiro atoms. The molecule has 0 aliphatic rings. The molecule has 33 heavy (non-hydrogen) atoms. The molecular weight excluding hydrogens is 416 g/mol. The Bertz CT molecular complexity index is 933. The molecule has 6 nitrogen and oxygen atoms in total. The Morgan fingerprint density at radius 1 is 0.848 bits per heavy atom. The van der Waals surface area contributed by atoms with Gasteiger partial charge >= 0.3 is 0 Å². The van der Waals surface area contributed by atoms with Crippen molar-refractivity contribution >= 4 is 5.91 Å². The van der Waals surface area contributed by atoms with Crippen molar-refractivity contribution in [3.05, 3.63) is 102 Å². The number of ether oxygens (including phenoxy) is 1. The lowest BCUT2D eigenvalue weighted by Gasteiger charge is -2.33. The van der Waals surface area contributed by atoms with Crippen LogP contribution in [0.25, 0.3) is 0 Å². The molecule has 0 fully saturated rings. The van der Waals surface area contributed by atoms with Gasteiger partial charge in [0.15, 0.2) is 6.61 Å². The molecule has 3 rings (SSSR count). The normalized spacial score (nSPS) is 13.9. The van der Waals surface area contributed by atoms with Gasteiger partial charge in [0, 0.05) is 19.1 Å². The summed E-state index contributed by atoms with van der Waals surface area (Å²) in [5.74, 6) is 0.0679. The van der Waals surface area contributed by atoms with Crippen molar-refractivity contribution in [2.75, 3.05) is 19.7 Å². The number of aliphatic hydroxyl groups is 2. The first kappa shape index (κ1) is 24.5. The van der Waals surface area contributed by atoms with E-state index in [0.717, 1.165) is 23.1 Å². The van der Waals surface area contributed by atoms with E-state index in [0.29, 0.717) is 18.8 Å². The number of rotatable bonds is 12. The van der Waals surface area contributed by atoms with Gasteiger partial charge in [-0.2, -0.15) is 0 Å². The average molecular weight is 449 g/mol. The number of benzene rings is 3. The summed E-state index contributed by atoms with van der Waals surface area (Å²) in [7, 11) is 0. The third-order valence-electron chi connectivity index (χ3n) is 5.64. The SMILES string of the molecule is C[C@H](Cc1ccc(OCC(N)=O)cc1)N(C[C@@H](O)c1ccccc1)C[C@@H](O)c1ccccc1. The Hall–Kier alpha value is -3.19. The summed E-state index contributed by atoms with van der Waals surface area (Å²) in [6, 6.07) is 26.7. The topological polar surface area (TPSA) is 96.0 Å². The number of nitrogens with zero attached hydrogens (tertiary/aromatic N) is 1. The van der Waals surface area contributed by atoms with Crippen LogP contribution in [0.3, 0.4) is 0 Å². The van der Waals surface area contributed by atoms with Crippen molar-refractivity contribution in [2.24, 2.45) is 5.73 Å². The molecule has 3 aromatic rings. The number of carbonyl (C=O) groups is 1. The molecule has 0 bridgehead atoms. The number of carbonyl (C=O) groups excluding carboxylic acids is 1. The maximum atomic E-state index is 10.9. The van der Waals surface area contributed by atoms with Gasteiger partial charge in [-0.1, -0.05) is 72.8 Å². The smallest absolute Gasteiger partial charge is 0.255 e. The predicted octanol–water partition coefficient (Wildman–Crippen LogP) is 3.25. The van der Waals surface area contributed by atoms with E-state index in [9.17, 15) is 15.0 Å². The van der Waals surface area contributed by atoms with Crippen LogP contribution in [-0.2, 0) is 11.2 Å². The lowest BCUT2D eigenvalue weighted by molar-refractivity contribution is -0.119. The minimum absolute atomic E-state index is 0.0547. The van der Waals surface area contributed by atoms with E-state index in [4.69, 9.17) is 10.5 Å². The Morgan fingerprint density at radius 3 is 1.79 bits per heavy atom. The second kappa shape index (κ2) is 12.2. The van der Waals surface area contributed by atoms with Crippen molar-refractivity contribution in [1.29, 1.82) is 0 Å². The molecule has 0 saturated heterocycles. The van der Waals surface area contributed by atoms with E-state index >= 15 is 0 Å². The second-order valence-electron chi connectivity index (χ2n) is 8.26. The van der Waals surface area contributed by atoms with Gasteiger partial charge in [-0.05, 0) is 42.2 Å². The summed E-state index contributed by atoms with van der Waals surface area (Å²) in [5, 5.41) is 21.7. The number of amides is 1. The van der Waals surface area contributed by atoms with Gasteiger partial charge < -0.3 is 20.7 Å². The van der Waals surface area contributed by atoms with E-state index < -0.39 is 18.1 Å². The number of hydrogen-bond donors (Lipinski definition) is 3. The molecule has 6 heteroatoms. The number of nitrogens with two attached hydrogens (primary N) is 1. The molecule has 0 radical (unpaired) electrons. The molecule has 0 heterocycles. The van der Waals surface area contributed by atoms with E-state index in [2.05, 4.69) is 11.8 Å².